The molecule has 0 spiro atoms. The van der Waals surface area contributed by atoms with Gasteiger partial charge in [-0.3, -0.25) is 9.98 Å². The van der Waals surface area contributed by atoms with Crippen LogP contribution >= 0.6 is 0 Å². The number of pyridine rings is 1. The van der Waals surface area contributed by atoms with Gasteiger partial charge in [0.15, 0.2) is 5.96 Å². The maximum atomic E-state index is 5.78. The number of nitrogens with two attached hydrogens (primary N) is 1. The largest absolute Gasteiger partial charge is 0.376 e. The Hall–Kier alpha value is -1.66. The number of hydrogen-bond donors (Lipinski definition) is 3. The fourth-order valence-electron chi connectivity index (χ4n) is 2.09. The second-order valence-corrected chi connectivity index (χ2v) is 6.42. The van der Waals surface area contributed by atoms with Crippen molar-refractivity contribution in [2.24, 2.45) is 16.1 Å². The molecule has 2 heterocycles. The van der Waals surface area contributed by atoms with Crippen LogP contribution in [0.15, 0.2) is 29.5 Å². The number of nitrogens with zero attached hydrogens (tertiary/aromatic N) is 2. The Morgan fingerprint density at radius 3 is 3.05 bits per heavy atom. The van der Waals surface area contributed by atoms with Crippen molar-refractivity contribution >= 4 is 11.6 Å². The van der Waals surface area contributed by atoms with Gasteiger partial charge < -0.3 is 21.1 Å². The molecule has 22 heavy (non-hydrogen) atoms. The maximum Gasteiger partial charge on any atom is 0.195 e. The summed E-state index contributed by atoms with van der Waals surface area (Å²) in [5.74, 6) is 0.741. The lowest BCUT2D eigenvalue weighted by atomic mass is 9.94. The monoisotopic (exact) mass is 305 g/mol. The third-order valence-electron chi connectivity index (χ3n) is 3.66. The van der Waals surface area contributed by atoms with Crippen LogP contribution in [0.1, 0.15) is 26.7 Å². The Kier molecular flexibility index (Phi) is 6.15. The Labute approximate surface area is 132 Å². The molecule has 1 fully saturated rings. The Morgan fingerprint density at radius 2 is 2.41 bits per heavy atom. The first-order valence-corrected chi connectivity index (χ1v) is 7.86. The van der Waals surface area contributed by atoms with Crippen LogP contribution in [-0.4, -0.2) is 43.3 Å². The quantitative estimate of drug-likeness (QED) is 0.549. The molecular formula is C16H27N5O. The third-order valence-corrected chi connectivity index (χ3v) is 3.66. The third kappa shape index (κ3) is 5.61. The molecule has 1 unspecified atom stereocenters. The van der Waals surface area contributed by atoms with Gasteiger partial charge in [-0.25, -0.2) is 0 Å². The molecular weight excluding hydrogens is 278 g/mol. The summed E-state index contributed by atoms with van der Waals surface area (Å²) in [6.45, 7) is 7.09. The van der Waals surface area contributed by atoms with E-state index in [4.69, 9.17) is 10.5 Å². The van der Waals surface area contributed by atoms with Gasteiger partial charge in [0, 0.05) is 25.9 Å². The summed E-state index contributed by atoms with van der Waals surface area (Å²) in [7, 11) is 0. The number of guanidine groups is 1. The highest BCUT2D eigenvalue weighted by Crippen LogP contribution is 2.13. The van der Waals surface area contributed by atoms with Crippen LogP contribution < -0.4 is 16.4 Å². The molecule has 0 bridgehead atoms. The average molecular weight is 305 g/mol. The Bertz CT molecular complexity index is 469. The van der Waals surface area contributed by atoms with Gasteiger partial charge in [0.1, 0.15) is 0 Å². The molecule has 0 saturated carbocycles. The molecule has 1 aliphatic rings. The first kappa shape index (κ1) is 16.7. The number of nitrogens with one attached hydrogen (secondary N) is 2. The van der Waals surface area contributed by atoms with Gasteiger partial charge in [0.2, 0.25) is 0 Å². The Morgan fingerprint density at radius 1 is 1.55 bits per heavy atom. The molecule has 6 heteroatoms. The lowest BCUT2D eigenvalue weighted by molar-refractivity contribution is 0.114. The zero-order chi connectivity index (χ0) is 15.8. The van der Waals surface area contributed by atoms with E-state index in [-0.39, 0.29) is 11.5 Å². The maximum absolute atomic E-state index is 5.78. The molecule has 0 amide bonds. The SMILES string of the molecule is CC(C)(CN)CN=C(NCC1CCCO1)Nc1cccnc1. The fraction of sp³-hybridized carbons (Fsp3) is 0.625. The summed E-state index contributed by atoms with van der Waals surface area (Å²) in [5, 5.41) is 6.63. The molecule has 1 aliphatic heterocycles. The number of aliphatic imine (C=N–C) groups is 1. The van der Waals surface area contributed by atoms with E-state index >= 15 is 0 Å². The minimum atomic E-state index is -0.0204. The van der Waals surface area contributed by atoms with Crippen molar-refractivity contribution in [1.82, 2.24) is 10.3 Å². The van der Waals surface area contributed by atoms with Crippen LogP contribution in [0.25, 0.3) is 0 Å². The summed E-state index contributed by atoms with van der Waals surface area (Å²) < 4.78 is 5.64. The lowest BCUT2D eigenvalue weighted by Gasteiger charge is -2.21. The summed E-state index contributed by atoms with van der Waals surface area (Å²) in [4.78, 5) is 8.76. The zero-order valence-electron chi connectivity index (χ0n) is 13.5. The van der Waals surface area contributed by atoms with Gasteiger partial charge in [-0.05, 0) is 36.9 Å². The zero-order valence-corrected chi connectivity index (χ0v) is 13.5. The summed E-state index contributed by atoms with van der Waals surface area (Å²) >= 11 is 0. The van der Waals surface area contributed by atoms with Crippen LogP contribution in [-0.2, 0) is 4.74 Å². The Balaban J connectivity index is 1.97. The molecule has 0 radical (unpaired) electrons. The number of hydrogen-bond acceptors (Lipinski definition) is 4. The van der Waals surface area contributed by atoms with Crippen molar-refractivity contribution in [3.63, 3.8) is 0 Å². The number of rotatable bonds is 6. The van der Waals surface area contributed by atoms with E-state index in [2.05, 4.69) is 34.5 Å². The van der Waals surface area contributed by atoms with Crippen LogP contribution in [0.3, 0.4) is 0 Å². The minimum absolute atomic E-state index is 0.0204. The summed E-state index contributed by atoms with van der Waals surface area (Å²) in [5.41, 5.74) is 6.67. The molecule has 0 aromatic carbocycles. The molecule has 2 rings (SSSR count). The van der Waals surface area contributed by atoms with Gasteiger partial charge in [-0.1, -0.05) is 13.8 Å². The van der Waals surface area contributed by atoms with E-state index < -0.39 is 0 Å². The van der Waals surface area contributed by atoms with Crippen LogP contribution in [0.4, 0.5) is 5.69 Å². The van der Waals surface area contributed by atoms with E-state index in [1.807, 2.05) is 12.1 Å². The van der Waals surface area contributed by atoms with Crippen LogP contribution in [0, 0.1) is 5.41 Å². The second kappa shape index (κ2) is 8.10. The molecule has 1 saturated heterocycles. The number of anilines is 1. The molecule has 1 aromatic heterocycles. The van der Waals surface area contributed by atoms with Crippen molar-refractivity contribution in [2.75, 3.05) is 31.6 Å². The van der Waals surface area contributed by atoms with Crippen LogP contribution in [0.2, 0.25) is 0 Å². The van der Waals surface area contributed by atoms with Gasteiger partial charge in [-0.15, -0.1) is 0 Å². The number of ether oxygens (including phenoxy) is 1. The van der Waals surface area contributed by atoms with E-state index in [0.29, 0.717) is 13.1 Å². The highest BCUT2D eigenvalue weighted by Gasteiger charge is 2.17. The molecule has 1 atom stereocenters. The van der Waals surface area contributed by atoms with E-state index in [1.165, 1.54) is 0 Å². The van der Waals surface area contributed by atoms with Crippen molar-refractivity contribution < 1.29 is 4.74 Å². The minimum Gasteiger partial charge on any atom is -0.376 e. The van der Waals surface area contributed by atoms with E-state index in [1.54, 1.807) is 12.4 Å². The highest BCUT2D eigenvalue weighted by molar-refractivity contribution is 5.93. The van der Waals surface area contributed by atoms with Gasteiger partial charge in [0.05, 0.1) is 18.0 Å². The molecule has 4 N–H and O–H groups in total. The van der Waals surface area contributed by atoms with Crippen molar-refractivity contribution in [2.45, 2.75) is 32.8 Å². The summed E-state index contributed by atoms with van der Waals surface area (Å²) in [6.07, 6.45) is 6.02. The standard InChI is InChI=1S/C16H27N5O/c1-16(2,11-17)12-20-15(19-10-14-6-4-8-22-14)21-13-5-3-7-18-9-13/h3,5,7,9,14H,4,6,8,10-12,17H2,1-2H3,(H2,19,20,21). The molecule has 1 aromatic rings. The topological polar surface area (TPSA) is 84.6 Å². The summed E-state index contributed by atoms with van der Waals surface area (Å²) in [6, 6.07) is 3.86. The van der Waals surface area contributed by atoms with Crippen molar-refractivity contribution in [1.29, 1.82) is 0 Å². The molecule has 0 aliphatic carbocycles. The van der Waals surface area contributed by atoms with Crippen molar-refractivity contribution in [3.8, 4) is 0 Å². The first-order chi connectivity index (χ1) is 10.6. The normalized spacial score (nSPS) is 19.2. The van der Waals surface area contributed by atoms with Crippen LogP contribution in [0.5, 0.6) is 0 Å². The smallest absolute Gasteiger partial charge is 0.195 e. The average Bonchev–Trinajstić information content (AvgIpc) is 3.04. The van der Waals surface area contributed by atoms with E-state index in [0.717, 1.165) is 37.6 Å². The fourth-order valence-corrected chi connectivity index (χ4v) is 2.09. The second-order valence-electron chi connectivity index (χ2n) is 6.42. The molecule has 6 nitrogen and oxygen atoms in total. The van der Waals surface area contributed by atoms with E-state index in [9.17, 15) is 0 Å². The lowest BCUT2D eigenvalue weighted by Crippen LogP contribution is -2.38. The van der Waals surface area contributed by atoms with Crippen molar-refractivity contribution in [3.05, 3.63) is 24.5 Å². The predicted molar refractivity (Wildman–Crippen MR) is 90.0 cm³/mol. The highest BCUT2D eigenvalue weighted by atomic mass is 16.5. The number of aromatic nitrogens is 1. The van der Waals surface area contributed by atoms with Gasteiger partial charge >= 0.3 is 0 Å². The van der Waals surface area contributed by atoms with Gasteiger partial charge in [0.25, 0.3) is 0 Å². The van der Waals surface area contributed by atoms with Gasteiger partial charge in [-0.2, -0.15) is 0 Å². The predicted octanol–water partition coefficient (Wildman–Crippen LogP) is 1.60. The molecule has 122 valence electrons. The first-order valence-electron chi connectivity index (χ1n) is 7.86.